The van der Waals surface area contributed by atoms with Crippen LogP contribution in [0.4, 0.5) is 0 Å². The standard InChI is InChI=1S/C36H36N4O14/c1-19(7-11-21-25(41)37(3)33(49)38(4)26(21)42)9-13-23-29(45)51-35(52-30(23)46)15-17-36(18-16-35)53-31(47)24(32(48)54-36)14-10-20(2)8-12-22-27(43)39(5)34(50)40(6)28(22)44/h7-14,41,43H,15-18H2,1-6H3. The zero-order valence-corrected chi connectivity index (χ0v) is 30.0. The van der Waals surface area contributed by atoms with E-state index in [-0.39, 0.29) is 36.8 Å². The molecule has 2 saturated heterocycles. The van der Waals surface area contributed by atoms with Gasteiger partial charge in [-0.1, -0.05) is 35.5 Å². The van der Waals surface area contributed by atoms with Crippen LogP contribution < -0.4 is 22.5 Å². The number of esters is 4. The van der Waals surface area contributed by atoms with E-state index in [1.54, 1.807) is 13.8 Å². The predicted octanol–water partition coefficient (Wildman–Crippen LogP) is 0.531. The Bertz CT molecular complexity index is 2220. The molecule has 2 aromatic heterocycles. The number of aromatic hydroxyl groups is 2. The highest BCUT2D eigenvalue weighted by atomic mass is 16.8. The summed E-state index contributed by atoms with van der Waals surface area (Å²) in [6, 6.07) is 0. The van der Waals surface area contributed by atoms with Gasteiger partial charge in [-0.25, -0.2) is 28.8 Å². The number of nitrogens with zero attached hydrogens (tertiary/aromatic N) is 4. The maximum Gasteiger partial charge on any atom is 0.348 e. The van der Waals surface area contributed by atoms with Gasteiger partial charge in [0.25, 0.3) is 22.7 Å². The summed E-state index contributed by atoms with van der Waals surface area (Å²) in [5.74, 6) is -8.39. The van der Waals surface area contributed by atoms with E-state index in [2.05, 4.69) is 0 Å². The Balaban J connectivity index is 1.22. The molecule has 0 amide bonds. The van der Waals surface area contributed by atoms with Crippen molar-refractivity contribution in [2.45, 2.75) is 51.1 Å². The number of hydrogen-bond acceptors (Lipinski definition) is 14. The molecule has 18 nitrogen and oxygen atoms in total. The fourth-order valence-corrected chi connectivity index (χ4v) is 5.78. The maximum absolute atomic E-state index is 12.9. The molecule has 284 valence electrons. The van der Waals surface area contributed by atoms with Crippen molar-refractivity contribution in [2.75, 3.05) is 0 Å². The third-order valence-electron chi connectivity index (χ3n) is 9.15. The summed E-state index contributed by atoms with van der Waals surface area (Å²) in [7, 11) is 5.12. The highest BCUT2D eigenvalue weighted by molar-refractivity contribution is 6.16. The van der Waals surface area contributed by atoms with Gasteiger partial charge in [0, 0.05) is 53.9 Å². The van der Waals surface area contributed by atoms with Crippen LogP contribution in [-0.2, 0) is 66.3 Å². The lowest BCUT2D eigenvalue weighted by Gasteiger charge is -2.46. The molecule has 5 rings (SSSR count). The SMILES string of the molecule is CC(C=Cc1c(O)n(C)c(=O)n(C)c1=O)=CC=C1C(=O)OC2(CCC3(CC2)OC(=O)C(=CC=C(C)C=Cc2c(O)n(C)c(=O)n(C)c2=O)C(=O)O3)OC1=O. The molecular weight excluding hydrogens is 712 g/mol. The summed E-state index contributed by atoms with van der Waals surface area (Å²) >= 11 is 0. The molecule has 2 aromatic rings. The monoisotopic (exact) mass is 748 g/mol. The Morgan fingerprint density at radius 2 is 0.833 bits per heavy atom. The molecule has 18 heteroatoms. The van der Waals surface area contributed by atoms with Gasteiger partial charge >= 0.3 is 35.3 Å². The van der Waals surface area contributed by atoms with Crippen LogP contribution in [0.2, 0.25) is 0 Å². The van der Waals surface area contributed by atoms with Crippen LogP contribution in [0.25, 0.3) is 12.2 Å². The smallest absolute Gasteiger partial charge is 0.348 e. The van der Waals surface area contributed by atoms with Crippen molar-refractivity contribution >= 4 is 36.0 Å². The van der Waals surface area contributed by atoms with Crippen molar-refractivity contribution in [3.63, 3.8) is 0 Å². The van der Waals surface area contributed by atoms with Gasteiger partial charge in [0.05, 0.1) is 0 Å². The molecular formula is C36H36N4O14. The first-order chi connectivity index (χ1) is 25.3. The second kappa shape index (κ2) is 14.4. The summed E-state index contributed by atoms with van der Waals surface area (Å²) in [4.78, 5) is 100. The third-order valence-corrected chi connectivity index (χ3v) is 9.15. The first-order valence-electron chi connectivity index (χ1n) is 16.3. The van der Waals surface area contributed by atoms with Gasteiger partial charge in [-0.05, 0) is 38.2 Å². The van der Waals surface area contributed by atoms with Crippen molar-refractivity contribution in [1.29, 1.82) is 0 Å². The zero-order chi connectivity index (χ0) is 39.9. The van der Waals surface area contributed by atoms with Crippen LogP contribution in [-0.4, -0.2) is 63.9 Å². The highest BCUT2D eigenvalue weighted by Crippen LogP contribution is 2.45. The zero-order valence-electron chi connectivity index (χ0n) is 30.0. The lowest BCUT2D eigenvalue weighted by Crippen LogP contribution is -2.56. The molecule has 0 radical (unpaired) electrons. The largest absolute Gasteiger partial charge is 0.494 e. The van der Waals surface area contributed by atoms with E-state index < -0.39 is 80.9 Å². The number of aromatic nitrogens is 4. The van der Waals surface area contributed by atoms with Gasteiger partial charge in [-0.3, -0.25) is 27.9 Å². The van der Waals surface area contributed by atoms with Crippen LogP contribution in [0, 0.1) is 0 Å². The summed E-state index contributed by atoms with van der Waals surface area (Å²) in [5.41, 5.74) is -3.12. The Kier molecular flexibility index (Phi) is 10.2. The molecule has 2 aliphatic heterocycles. The van der Waals surface area contributed by atoms with Gasteiger partial charge in [0.2, 0.25) is 11.8 Å². The van der Waals surface area contributed by atoms with E-state index in [0.29, 0.717) is 11.1 Å². The summed E-state index contributed by atoms with van der Waals surface area (Å²) in [6.45, 7) is 3.18. The molecule has 3 fully saturated rings. The fraction of sp³-hybridized carbons (Fsp3) is 0.333. The molecule has 0 unspecified atom stereocenters. The Hall–Kier alpha value is -6.72. The van der Waals surface area contributed by atoms with Crippen LogP contribution in [0.3, 0.4) is 0 Å². The summed E-state index contributed by atoms with van der Waals surface area (Å²) in [5, 5.41) is 20.5. The molecule has 2 N–H and O–H groups in total. The molecule has 1 aliphatic carbocycles. The lowest BCUT2D eigenvalue weighted by atomic mass is 9.87. The quantitative estimate of drug-likeness (QED) is 0.178. The molecule has 54 heavy (non-hydrogen) atoms. The van der Waals surface area contributed by atoms with Crippen molar-refractivity contribution in [1.82, 2.24) is 18.3 Å². The number of rotatable bonds is 6. The lowest BCUT2D eigenvalue weighted by molar-refractivity contribution is -0.291. The molecule has 4 heterocycles. The molecule has 0 atom stereocenters. The Morgan fingerprint density at radius 3 is 1.13 bits per heavy atom. The molecule has 3 aliphatic rings. The van der Waals surface area contributed by atoms with Crippen molar-refractivity contribution in [3.05, 3.63) is 112 Å². The number of ether oxygens (including phenoxy) is 4. The minimum atomic E-state index is -1.70. The predicted molar refractivity (Wildman–Crippen MR) is 187 cm³/mol. The summed E-state index contributed by atoms with van der Waals surface area (Å²) < 4.78 is 25.6. The average molecular weight is 749 g/mol. The van der Waals surface area contributed by atoms with E-state index >= 15 is 0 Å². The normalized spacial score (nSPS) is 22.2. The molecule has 0 aromatic carbocycles. The average Bonchev–Trinajstić information content (AvgIpc) is 3.12. The van der Waals surface area contributed by atoms with E-state index in [1.807, 2.05) is 0 Å². The summed E-state index contributed by atoms with van der Waals surface area (Å²) in [6.07, 6.45) is 9.88. The van der Waals surface area contributed by atoms with E-state index in [0.717, 1.165) is 18.3 Å². The van der Waals surface area contributed by atoms with Gasteiger partial charge < -0.3 is 29.2 Å². The van der Waals surface area contributed by atoms with Crippen LogP contribution in [0.1, 0.15) is 50.7 Å². The number of hydrogen-bond donors (Lipinski definition) is 2. The number of carbonyl (C=O) groups is 4. The van der Waals surface area contributed by atoms with Crippen molar-refractivity contribution in [2.24, 2.45) is 28.2 Å². The van der Waals surface area contributed by atoms with Gasteiger partial charge in [0.1, 0.15) is 22.3 Å². The maximum atomic E-state index is 12.9. The van der Waals surface area contributed by atoms with E-state index in [9.17, 15) is 48.6 Å². The Labute approximate surface area is 305 Å². The van der Waals surface area contributed by atoms with Crippen molar-refractivity contribution in [3.8, 4) is 11.8 Å². The molecule has 2 spiro atoms. The van der Waals surface area contributed by atoms with Crippen LogP contribution >= 0.6 is 0 Å². The fourth-order valence-electron chi connectivity index (χ4n) is 5.78. The molecule has 0 bridgehead atoms. The van der Waals surface area contributed by atoms with E-state index in [4.69, 9.17) is 18.9 Å². The minimum Gasteiger partial charge on any atom is -0.494 e. The number of carbonyl (C=O) groups excluding carboxylic acids is 4. The molecule has 1 saturated carbocycles. The van der Waals surface area contributed by atoms with Crippen LogP contribution in [0.5, 0.6) is 11.8 Å². The first-order valence-corrected chi connectivity index (χ1v) is 16.3. The first kappa shape index (κ1) is 38.5. The minimum absolute atomic E-state index is 0.150. The van der Waals surface area contributed by atoms with Gasteiger partial charge in [0.15, 0.2) is 0 Å². The van der Waals surface area contributed by atoms with Gasteiger partial charge in [-0.15, -0.1) is 0 Å². The third kappa shape index (κ3) is 7.17. The van der Waals surface area contributed by atoms with Crippen molar-refractivity contribution < 1.29 is 48.3 Å². The second-order valence-corrected chi connectivity index (χ2v) is 12.9. The highest BCUT2D eigenvalue weighted by Gasteiger charge is 2.56. The topological polar surface area (TPSA) is 234 Å². The Morgan fingerprint density at radius 1 is 0.537 bits per heavy atom. The number of allylic oxidation sites excluding steroid dienone is 8. The van der Waals surface area contributed by atoms with Gasteiger partial charge in [-0.2, -0.15) is 0 Å². The second-order valence-electron chi connectivity index (χ2n) is 12.9. The van der Waals surface area contributed by atoms with E-state index in [1.165, 1.54) is 76.8 Å². The van der Waals surface area contributed by atoms with Crippen LogP contribution in [0.15, 0.2) is 77.9 Å².